The maximum Gasteiger partial charge on any atom is 0.329 e. The van der Waals surface area contributed by atoms with Gasteiger partial charge in [0.25, 0.3) is 5.91 Å². The van der Waals surface area contributed by atoms with Crippen molar-refractivity contribution in [2.75, 3.05) is 0 Å². The molecule has 2 aromatic carbocycles. The second kappa shape index (κ2) is 6.22. The molecule has 4 nitrogen and oxygen atoms in total. The normalized spacial score (nSPS) is 16.1. The first-order valence-corrected chi connectivity index (χ1v) is 7.26. The summed E-state index contributed by atoms with van der Waals surface area (Å²) in [6.07, 6.45) is 1.33. The van der Waals surface area contributed by atoms with Gasteiger partial charge in [-0.3, -0.25) is 9.69 Å². The molecule has 0 unspecified atom stereocenters. The summed E-state index contributed by atoms with van der Waals surface area (Å²) in [5, 5.41) is 3.04. The van der Waals surface area contributed by atoms with E-state index in [1.165, 1.54) is 18.2 Å². The highest BCUT2D eigenvalue weighted by molar-refractivity contribution is 6.30. The molecule has 0 saturated carbocycles. The van der Waals surface area contributed by atoms with Crippen molar-refractivity contribution >= 4 is 29.6 Å². The zero-order valence-electron chi connectivity index (χ0n) is 11.9. The fraction of sp³-hybridized carbons (Fsp3) is 0.0588. The zero-order chi connectivity index (χ0) is 16.4. The Labute approximate surface area is 137 Å². The minimum Gasteiger partial charge on any atom is -0.303 e. The van der Waals surface area contributed by atoms with Crippen LogP contribution in [0.2, 0.25) is 5.02 Å². The van der Waals surface area contributed by atoms with Gasteiger partial charge in [0.1, 0.15) is 11.5 Å². The molecule has 0 aliphatic carbocycles. The SMILES string of the molecule is O=C1N/C(=C/c2ccccc2F)C(=O)N1Cc1ccc(Cl)cc1. The van der Waals surface area contributed by atoms with Gasteiger partial charge in [0.05, 0.1) is 6.54 Å². The molecular weight excluding hydrogens is 319 g/mol. The van der Waals surface area contributed by atoms with Crippen LogP contribution in [0.3, 0.4) is 0 Å². The summed E-state index contributed by atoms with van der Waals surface area (Å²) in [6, 6.07) is 12.3. The van der Waals surface area contributed by atoms with Crippen molar-refractivity contribution in [2.24, 2.45) is 0 Å². The fourth-order valence-electron chi connectivity index (χ4n) is 2.24. The van der Waals surface area contributed by atoms with E-state index in [4.69, 9.17) is 11.6 Å². The predicted molar refractivity (Wildman–Crippen MR) is 84.9 cm³/mol. The Kier molecular flexibility index (Phi) is 4.12. The van der Waals surface area contributed by atoms with E-state index >= 15 is 0 Å². The van der Waals surface area contributed by atoms with Crippen LogP contribution in [0, 0.1) is 5.82 Å². The monoisotopic (exact) mass is 330 g/mol. The van der Waals surface area contributed by atoms with Crippen molar-refractivity contribution in [3.8, 4) is 0 Å². The Balaban J connectivity index is 1.82. The zero-order valence-corrected chi connectivity index (χ0v) is 12.7. The molecule has 116 valence electrons. The highest BCUT2D eigenvalue weighted by Crippen LogP contribution is 2.19. The molecule has 1 heterocycles. The second-order valence-electron chi connectivity index (χ2n) is 5.03. The molecule has 0 spiro atoms. The lowest BCUT2D eigenvalue weighted by Crippen LogP contribution is -2.30. The number of rotatable bonds is 3. The molecule has 1 aliphatic rings. The van der Waals surface area contributed by atoms with Gasteiger partial charge in [0, 0.05) is 10.6 Å². The van der Waals surface area contributed by atoms with Crippen LogP contribution in [0.5, 0.6) is 0 Å². The average molecular weight is 331 g/mol. The van der Waals surface area contributed by atoms with E-state index in [2.05, 4.69) is 5.32 Å². The molecule has 2 aromatic rings. The first-order valence-electron chi connectivity index (χ1n) is 6.88. The van der Waals surface area contributed by atoms with E-state index in [0.29, 0.717) is 5.02 Å². The van der Waals surface area contributed by atoms with Gasteiger partial charge < -0.3 is 5.32 Å². The topological polar surface area (TPSA) is 49.4 Å². The average Bonchev–Trinajstić information content (AvgIpc) is 2.79. The molecule has 1 fully saturated rings. The van der Waals surface area contributed by atoms with E-state index in [-0.39, 0.29) is 17.8 Å². The number of carbonyl (C=O) groups is 2. The summed E-state index contributed by atoms with van der Waals surface area (Å²) in [5.41, 5.74) is 1.06. The predicted octanol–water partition coefficient (Wildman–Crippen LogP) is 3.57. The van der Waals surface area contributed by atoms with E-state index in [1.54, 1.807) is 36.4 Å². The molecule has 3 amide bonds. The Morgan fingerprint density at radius 3 is 2.48 bits per heavy atom. The minimum absolute atomic E-state index is 0.0501. The van der Waals surface area contributed by atoms with Crippen molar-refractivity contribution in [3.05, 3.63) is 76.2 Å². The molecule has 1 saturated heterocycles. The van der Waals surface area contributed by atoms with Crippen molar-refractivity contribution < 1.29 is 14.0 Å². The van der Waals surface area contributed by atoms with Crippen molar-refractivity contribution in [2.45, 2.75) is 6.54 Å². The molecule has 1 aliphatic heterocycles. The quantitative estimate of drug-likeness (QED) is 0.691. The lowest BCUT2D eigenvalue weighted by molar-refractivity contribution is -0.123. The Morgan fingerprint density at radius 1 is 1.09 bits per heavy atom. The van der Waals surface area contributed by atoms with Crippen LogP contribution in [0.25, 0.3) is 6.08 Å². The maximum atomic E-state index is 13.7. The van der Waals surface area contributed by atoms with E-state index in [0.717, 1.165) is 10.5 Å². The molecule has 6 heteroatoms. The first kappa shape index (κ1) is 15.2. The largest absolute Gasteiger partial charge is 0.329 e. The third-order valence-electron chi connectivity index (χ3n) is 3.42. The summed E-state index contributed by atoms with van der Waals surface area (Å²) >= 11 is 5.81. The lowest BCUT2D eigenvalue weighted by Gasteiger charge is -2.11. The number of benzene rings is 2. The molecule has 0 aromatic heterocycles. The molecule has 1 N–H and O–H groups in total. The molecule has 0 radical (unpaired) electrons. The van der Waals surface area contributed by atoms with Gasteiger partial charge in [0.15, 0.2) is 0 Å². The van der Waals surface area contributed by atoms with Gasteiger partial charge in [-0.05, 0) is 29.8 Å². The number of halogens is 2. The molecular formula is C17H12ClFN2O2. The fourth-order valence-corrected chi connectivity index (χ4v) is 2.36. The first-order chi connectivity index (χ1) is 11.0. The minimum atomic E-state index is -0.535. The van der Waals surface area contributed by atoms with E-state index < -0.39 is 17.8 Å². The highest BCUT2D eigenvalue weighted by atomic mass is 35.5. The molecule has 0 atom stereocenters. The molecule has 23 heavy (non-hydrogen) atoms. The number of hydrogen-bond donors (Lipinski definition) is 1. The van der Waals surface area contributed by atoms with Crippen LogP contribution in [0.1, 0.15) is 11.1 Å². The number of nitrogens with zero attached hydrogens (tertiary/aromatic N) is 1. The third kappa shape index (κ3) is 3.24. The van der Waals surface area contributed by atoms with Crippen LogP contribution < -0.4 is 5.32 Å². The van der Waals surface area contributed by atoms with Gasteiger partial charge in [-0.1, -0.05) is 41.9 Å². The number of urea groups is 1. The number of amides is 3. The maximum absolute atomic E-state index is 13.7. The van der Waals surface area contributed by atoms with E-state index in [9.17, 15) is 14.0 Å². The second-order valence-corrected chi connectivity index (χ2v) is 5.46. The van der Waals surface area contributed by atoms with Gasteiger partial charge in [-0.15, -0.1) is 0 Å². The van der Waals surface area contributed by atoms with Gasteiger partial charge >= 0.3 is 6.03 Å². The van der Waals surface area contributed by atoms with Crippen LogP contribution >= 0.6 is 11.6 Å². The third-order valence-corrected chi connectivity index (χ3v) is 3.67. The van der Waals surface area contributed by atoms with Crippen LogP contribution in [-0.2, 0) is 11.3 Å². The number of nitrogens with one attached hydrogen (secondary N) is 1. The van der Waals surface area contributed by atoms with Gasteiger partial charge in [-0.25, -0.2) is 9.18 Å². The lowest BCUT2D eigenvalue weighted by atomic mass is 10.1. The summed E-state index contributed by atoms with van der Waals surface area (Å²) in [5.74, 6) is -0.952. The standard InChI is InChI=1S/C17H12ClFN2O2/c18-13-7-5-11(6-8-13)10-21-16(22)15(20-17(21)23)9-12-3-1-2-4-14(12)19/h1-9H,10H2,(H,20,23)/b15-9+. The molecule has 0 bridgehead atoms. The van der Waals surface area contributed by atoms with Crippen molar-refractivity contribution in [3.63, 3.8) is 0 Å². The Morgan fingerprint density at radius 2 is 1.78 bits per heavy atom. The smallest absolute Gasteiger partial charge is 0.303 e. The summed E-state index contributed by atoms with van der Waals surface area (Å²) in [7, 11) is 0. The number of hydrogen-bond acceptors (Lipinski definition) is 2. The Bertz CT molecular complexity index is 802. The number of carbonyl (C=O) groups excluding carboxylic acids is 2. The van der Waals surface area contributed by atoms with Crippen LogP contribution in [0.4, 0.5) is 9.18 Å². The summed E-state index contributed by atoms with van der Waals surface area (Å²) in [4.78, 5) is 25.4. The van der Waals surface area contributed by atoms with Gasteiger partial charge in [-0.2, -0.15) is 0 Å². The van der Waals surface area contributed by atoms with Crippen LogP contribution in [0.15, 0.2) is 54.2 Å². The molecule has 3 rings (SSSR count). The summed E-state index contributed by atoms with van der Waals surface area (Å²) in [6.45, 7) is 0.121. The Hall–Kier alpha value is -2.66. The number of imide groups is 1. The van der Waals surface area contributed by atoms with Crippen LogP contribution in [-0.4, -0.2) is 16.8 Å². The van der Waals surface area contributed by atoms with Crippen molar-refractivity contribution in [1.29, 1.82) is 0 Å². The van der Waals surface area contributed by atoms with Gasteiger partial charge in [0.2, 0.25) is 0 Å². The van der Waals surface area contributed by atoms with Crippen molar-refractivity contribution in [1.82, 2.24) is 10.2 Å². The highest BCUT2D eigenvalue weighted by Gasteiger charge is 2.33. The van der Waals surface area contributed by atoms with E-state index in [1.807, 2.05) is 0 Å². The summed E-state index contributed by atoms with van der Waals surface area (Å²) < 4.78 is 13.7.